The molecule has 2 aliphatic heterocycles. The van der Waals surface area contributed by atoms with E-state index in [-0.39, 0.29) is 62.2 Å². The minimum absolute atomic E-state index is 0. The molecule has 2 radical (unpaired) electrons. The molecule has 2 saturated heterocycles. The van der Waals surface area contributed by atoms with Crippen LogP contribution in [0.25, 0.3) is 11.1 Å². The fraction of sp³-hybridized carbons (Fsp3) is 0.905. The Morgan fingerprint density at radius 3 is 1.51 bits per heavy atom. The first kappa shape index (κ1) is 47.7. The Bertz CT molecular complexity index is 457. The number of hydrogen-bond donors (Lipinski definition) is 4. The van der Waals surface area contributed by atoms with Gasteiger partial charge in [-0.3, -0.25) is 4.79 Å². The normalized spacial score (nSPS) is 16.5. The maximum absolute atomic E-state index is 10.3. The predicted octanol–water partition coefficient (Wildman–Crippen LogP) is 6.93. The monoisotopic (exact) mass is 986 g/mol. The standard InChI is InChI=1S/C7H15N.C7H14N.C5H12N2O.C2H6N2O.3HI.2V.Y/c2*1-7(2)3-5-8-6-4-7;1-3-4-7-5(8)6-2;1-4-2(3)5;;;;;;/h8H,3-6H2,1-2H3;3-6H2,1-2H3;3-4H2,1-2H3,(H2,6,7,8);1H3,(H3,3,4,5);3*1H;;;/q;-1;;;;;;;+3;/p-4. The van der Waals surface area contributed by atoms with Crippen molar-refractivity contribution in [2.24, 2.45) is 10.8 Å². The van der Waals surface area contributed by atoms with E-state index >= 15 is 0 Å². The molecular weight excluding hydrogens is 940 g/mol. The van der Waals surface area contributed by atoms with Gasteiger partial charge in [0.15, 0.2) is 0 Å². The van der Waals surface area contributed by atoms with Gasteiger partial charge >= 0.3 is 70.9 Å². The SMILES string of the molecule is CC1(C)CCNCC1.CC1(C)CC[N-]CC1.CCCNC(=O)NC.CNC([NH-])=O.[I][V]([I])[I].[V].[Y]. The zero-order valence-corrected chi connectivity index (χ0v) is 34.5. The number of halogens is 3. The van der Waals surface area contributed by atoms with Crippen molar-refractivity contribution in [2.75, 3.05) is 46.8 Å². The van der Waals surface area contributed by atoms with Crippen LogP contribution < -0.4 is 21.3 Å². The van der Waals surface area contributed by atoms with Crippen molar-refractivity contribution in [3.63, 3.8) is 0 Å². The van der Waals surface area contributed by atoms with Crippen LogP contribution in [0.5, 0.6) is 0 Å². The number of nitrogens with one attached hydrogen (secondary N) is 5. The summed E-state index contributed by atoms with van der Waals surface area (Å²) in [6, 6.07) is -0.850. The third-order valence-corrected chi connectivity index (χ3v) is 4.84. The molecule has 5 N–H and O–H groups in total. The Hall–Kier alpha value is 2.92. The van der Waals surface area contributed by atoms with Crippen molar-refractivity contribution in [1.29, 1.82) is 0 Å². The van der Waals surface area contributed by atoms with Gasteiger partial charge in [0.05, 0.1) is 0 Å². The Morgan fingerprint density at radius 1 is 0.943 bits per heavy atom. The second-order valence-corrected chi connectivity index (χ2v) is 44.4. The Kier molecular flexibility index (Phi) is 42.9. The third-order valence-electron chi connectivity index (χ3n) is 4.84. The van der Waals surface area contributed by atoms with Gasteiger partial charge < -0.3 is 32.3 Å². The average molecular weight is 986 g/mol. The molecule has 8 nitrogen and oxygen atoms in total. The van der Waals surface area contributed by atoms with Crippen LogP contribution in [-0.2, 0) is 56.2 Å². The molecule has 2 heterocycles. The molecule has 14 heteroatoms. The van der Waals surface area contributed by atoms with Gasteiger partial charge in [0, 0.05) is 64.9 Å². The summed E-state index contributed by atoms with van der Waals surface area (Å²) in [5, 5.41) is 14.8. The molecule has 2 fully saturated rings. The zero-order chi connectivity index (χ0) is 26.3. The van der Waals surface area contributed by atoms with E-state index in [1.807, 2.05) is 6.92 Å². The minimum Gasteiger partial charge on any atom is 0 e. The van der Waals surface area contributed by atoms with Crippen molar-refractivity contribution in [3.8, 4) is 0 Å². The van der Waals surface area contributed by atoms with E-state index in [2.05, 4.69) is 114 Å². The van der Waals surface area contributed by atoms with Gasteiger partial charge in [-0.05, 0) is 43.2 Å². The van der Waals surface area contributed by atoms with E-state index in [9.17, 15) is 9.59 Å². The van der Waals surface area contributed by atoms with Crippen LogP contribution in [0.1, 0.15) is 66.7 Å². The summed E-state index contributed by atoms with van der Waals surface area (Å²) in [6.45, 7) is 16.7. The molecule has 0 aromatic heterocycles. The molecule has 0 aliphatic carbocycles. The second kappa shape index (κ2) is 31.5. The van der Waals surface area contributed by atoms with Crippen LogP contribution in [0.15, 0.2) is 0 Å². The zero-order valence-electron chi connectivity index (χ0n) is 22.4. The topological polar surface area (TPSA) is 120 Å². The van der Waals surface area contributed by atoms with E-state index in [4.69, 9.17) is 5.73 Å². The molecule has 0 saturated carbocycles. The number of carbonyl (C=O) groups excluding carboxylic acids is 2. The van der Waals surface area contributed by atoms with Gasteiger partial charge in [-0.15, -0.1) is 13.1 Å². The largest absolute Gasteiger partial charge is 0 e. The Balaban J connectivity index is -0.000000108. The van der Waals surface area contributed by atoms with Crippen molar-refractivity contribution >= 4 is 72.0 Å². The molecule has 0 aromatic carbocycles. The smallest absolute Gasteiger partial charge is 0 e. The molecular formula is C21H46I3N6O2V2Y-2. The number of rotatable bonds is 2. The first-order valence-electron chi connectivity index (χ1n) is 11.2. The van der Waals surface area contributed by atoms with Crippen molar-refractivity contribution in [1.82, 2.24) is 21.3 Å². The molecule has 0 aromatic rings. The molecule has 208 valence electrons. The molecule has 0 spiro atoms. The molecule has 35 heavy (non-hydrogen) atoms. The van der Waals surface area contributed by atoms with E-state index in [1.54, 1.807) is 7.05 Å². The van der Waals surface area contributed by atoms with Gasteiger partial charge in [0.2, 0.25) is 0 Å². The maximum atomic E-state index is 10.3. The first-order valence-corrected chi connectivity index (χ1v) is 24.7. The number of nitrogens with zero attached hydrogens (tertiary/aromatic N) is 1. The molecule has 0 unspecified atom stereocenters. The van der Waals surface area contributed by atoms with Crippen molar-refractivity contribution in [2.45, 2.75) is 66.7 Å². The summed E-state index contributed by atoms with van der Waals surface area (Å²) in [6.07, 6.45) is 6.23. The number of urea groups is 2. The van der Waals surface area contributed by atoms with E-state index in [1.165, 1.54) is 45.8 Å². The fourth-order valence-corrected chi connectivity index (χ4v) is 2.43. The van der Waals surface area contributed by atoms with Gasteiger partial charge in [0.1, 0.15) is 6.03 Å². The minimum atomic E-state index is -0.745. The Morgan fingerprint density at radius 2 is 1.31 bits per heavy atom. The number of piperidine rings is 2. The number of hydrogen-bond acceptors (Lipinski definition) is 3. The fourth-order valence-electron chi connectivity index (χ4n) is 2.43. The average Bonchev–Trinajstić information content (AvgIpc) is 2.72. The summed E-state index contributed by atoms with van der Waals surface area (Å²) in [7, 11) is 3.01. The van der Waals surface area contributed by atoms with Gasteiger partial charge in [-0.25, -0.2) is 4.79 Å². The summed E-state index contributed by atoms with van der Waals surface area (Å²) >= 11 is 7.39. The van der Waals surface area contributed by atoms with Crippen molar-refractivity contribution < 1.29 is 65.8 Å². The molecule has 4 amide bonds. The predicted molar refractivity (Wildman–Crippen MR) is 166 cm³/mol. The van der Waals surface area contributed by atoms with Crippen LogP contribution in [0.4, 0.5) is 9.59 Å². The van der Waals surface area contributed by atoms with E-state index in [0.717, 1.165) is 26.1 Å². The number of amides is 4. The summed E-state index contributed by atoms with van der Waals surface area (Å²) in [4.78, 5) is 19.4. The Labute approximate surface area is 290 Å². The van der Waals surface area contributed by atoms with Gasteiger partial charge in [-0.2, -0.15) is 0 Å². The van der Waals surface area contributed by atoms with Gasteiger partial charge in [0.25, 0.3) is 0 Å². The second-order valence-electron chi connectivity index (χ2n) is 9.03. The van der Waals surface area contributed by atoms with E-state index < -0.39 is 6.03 Å². The molecule has 2 rings (SSSR count). The molecule has 0 bridgehead atoms. The summed E-state index contributed by atoms with van der Waals surface area (Å²) in [5.41, 5.74) is 7.28. The summed E-state index contributed by atoms with van der Waals surface area (Å²) in [5.74, 6) is 0. The first-order chi connectivity index (χ1) is 15.2. The van der Waals surface area contributed by atoms with Crippen LogP contribution in [0.3, 0.4) is 0 Å². The van der Waals surface area contributed by atoms with Crippen LogP contribution in [-0.4, -0.2) is 58.9 Å². The third kappa shape index (κ3) is 47.1. The van der Waals surface area contributed by atoms with Gasteiger partial charge in [-0.1, -0.05) is 54.5 Å². The van der Waals surface area contributed by atoms with Crippen molar-refractivity contribution in [3.05, 3.63) is 11.1 Å². The maximum Gasteiger partial charge on any atom is 0 e. The summed E-state index contributed by atoms with van der Waals surface area (Å²) < 4.78 is 0. The molecule has 2 aliphatic rings. The van der Waals surface area contributed by atoms with Crippen LogP contribution in [0, 0.1) is 10.8 Å². The quantitative estimate of drug-likeness (QED) is 0.225. The van der Waals surface area contributed by atoms with Crippen LogP contribution >= 0.6 is 59.9 Å². The van der Waals surface area contributed by atoms with Crippen LogP contribution in [0.2, 0.25) is 0 Å². The number of carbonyl (C=O) groups is 2. The van der Waals surface area contributed by atoms with E-state index in [0.29, 0.717) is 10.8 Å². The molecule has 0 atom stereocenters.